The third-order valence-electron chi connectivity index (χ3n) is 3.44. The maximum absolute atomic E-state index is 4.40. The van der Waals surface area contributed by atoms with Gasteiger partial charge in [-0.25, -0.2) is 0 Å². The lowest BCUT2D eigenvalue weighted by Crippen LogP contribution is -2.18. The molecule has 4 heteroatoms. The summed E-state index contributed by atoms with van der Waals surface area (Å²) in [5.41, 5.74) is 3.94. The summed E-state index contributed by atoms with van der Waals surface area (Å²) in [6.07, 6.45) is 1.98. The van der Waals surface area contributed by atoms with Crippen molar-refractivity contribution in [3.05, 3.63) is 39.3 Å². The van der Waals surface area contributed by atoms with Gasteiger partial charge in [0.15, 0.2) is 0 Å². The highest BCUT2D eigenvalue weighted by Crippen LogP contribution is 2.20. The largest absolute Gasteiger partial charge is 0.305 e. The molecule has 2 heterocycles. The Balaban J connectivity index is 2.01. The Kier molecular flexibility index (Phi) is 4.19. The van der Waals surface area contributed by atoms with Gasteiger partial charge in [0.2, 0.25) is 0 Å². The van der Waals surface area contributed by atoms with Gasteiger partial charge in [-0.1, -0.05) is 0 Å². The van der Waals surface area contributed by atoms with E-state index in [1.807, 2.05) is 22.2 Å². The molecule has 0 saturated carbocycles. The van der Waals surface area contributed by atoms with Crippen LogP contribution >= 0.6 is 11.3 Å². The Morgan fingerprint density at radius 1 is 1.44 bits per heavy atom. The molecule has 0 radical (unpaired) electrons. The van der Waals surface area contributed by atoms with Crippen LogP contribution in [0.5, 0.6) is 0 Å². The summed E-state index contributed by atoms with van der Waals surface area (Å²) in [7, 11) is 0. The Bertz CT molecular complexity index is 513. The number of aryl methyl sites for hydroxylation is 2. The van der Waals surface area contributed by atoms with Crippen LogP contribution in [0, 0.1) is 13.8 Å². The number of hydrogen-bond donors (Lipinski definition) is 1. The van der Waals surface area contributed by atoms with Crippen LogP contribution in [0.15, 0.2) is 17.6 Å². The van der Waals surface area contributed by atoms with Crippen molar-refractivity contribution in [2.45, 2.75) is 46.8 Å². The first kappa shape index (κ1) is 13.3. The minimum Gasteiger partial charge on any atom is -0.305 e. The average Bonchev–Trinajstić information content (AvgIpc) is 2.92. The molecule has 1 unspecified atom stereocenters. The molecule has 98 valence electrons. The zero-order valence-corrected chi connectivity index (χ0v) is 12.3. The predicted octanol–water partition coefficient (Wildman–Crippen LogP) is 3.43. The number of aromatic nitrogens is 2. The van der Waals surface area contributed by atoms with Crippen LogP contribution in [-0.4, -0.2) is 9.78 Å². The van der Waals surface area contributed by atoms with Gasteiger partial charge in [-0.15, -0.1) is 11.3 Å². The summed E-state index contributed by atoms with van der Waals surface area (Å²) in [6, 6.07) is 2.51. The molecule has 2 aromatic heterocycles. The van der Waals surface area contributed by atoms with E-state index in [0.29, 0.717) is 6.04 Å². The monoisotopic (exact) mass is 263 g/mol. The summed E-state index contributed by atoms with van der Waals surface area (Å²) in [5.74, 6) is 0. The summed E-state index contributed by atoms with van der Waals surface area (Å²) in [6.45, 7) is 10.5. The SMILES string of the molecule is CCn1ncc(C(C)NCc2sccc2C)c1C. The highest BCUT2D eigenvalue weighted by Gasteiger charge is 2.12. The van der Waals surface area contributed by atoms with Gasteiger partial charge in [-0.2, -0.15) is 5.10 Å². The van der Waals surface area contributed by atoms with Crippen LogP contribution in [0.3, 0.4) is 0 Å². The fourth-order valence-corrected chi connectivity index (χ4v) is 3.00. The van der Waals surface area contributed by atoms with Gasteiger partial charge in [0.1, 0.15) is 0 Å². The first-order valence-corrected chi connectivity index (χ1v) is 7.30. The Labute approximate surface area is 113 Å². The molecule has 0 fully saturated rings. The molecule has 1 atom stereocenters. The Morgan fingerprint density at radius 3 is 2.78 bits per heavy atom. The lowest BCUT2D eigenvalue weighted by atomic mass is 10.1. The number of rotatable bonds is 5. The number of hydrogen-bond acceptors (Lipinski definition) is 3. The van der Waals surface area contributed by atoms with E-state index in [0.717, 1.165) is 13.1 Å². The quantitative estimate of drug-likeness (QED) is 0.895. The van der Waals surface area contributed by atoms with Crippen LogP contribution in [0.4, 0.5) is 0 Å². The zero-order valence-electron chi connectivity index (χ0n) is 11.5. The maximum atomic E-state index is 4.40. The lowest BCUT2D eigenvalue weighted by Gasteiger charge is -2.13. The summed E-state index contributed by atoms with van der Waals surface area (Å²) in [4.78, 5) is 1.42. The smallest absolute Gasteiger partial charge is 0.0540 e. The van der Waals surface area contributed by atoms with Crippen molar-refractivity contribution in [3.8, 4) is 0 Å². The number of nitrogens with one attached hydrogen (secondary N) is 1. The van der Waals surface area contributed by atoms with Crippen molar-refractivity contribution < 1.29 is 0 Å². The molecule has 18 heavy (non-hydrogen) atoms. The molecule has 0 aliphatic rings. The minimum atomic E-state index is 0.340. The molecule has 2 rings (SSSR count). The predicted molar refractivity (Wildman–Crippen MR) is 76.9 cm³/mol. The summed E-state index contributed by atoms with van der Waals surface area (Å²) >= 11 is 1.82. The van der Waals surface area contributed by atoms with Crippen molar-refractivity contribution in [2.75, 3.05) is 0 Å². The molecule has 0 aliphatic carbocycles. The van der Waals surface area contributed by atoms with Crippen molar-refractivity contribution in [3.63, 3.8) is 0 Å². The van der Waals surface area contributed by atoms with E-state index in [4.69, 9.17) is 0 Å². The topological polar surface area (TPSA) is 29.9 Å². The molecule has 2 aromatic rings. The zero-order chi connectivity index (χ0) is 13.1. The molecule has 0 saturated heterocycles. The molecule has 0 spiro atoms. The second-order valence-electron chi connectivity index (χ2n) is 4.63. The van der Waals surface area contributed by atoms with Crippen LogP contribution in [-0.2, 0) is 13.1 Å². The molecule has 0 amide bonds. The Hall–Kier alpha value is -1.13. The highest BCUT2D eigenvalue weighted by atomic mass is 32.1. The second-order valence-corrected chi connectivity index (χ2v) is 5.63. The average molecular weight is 263 g/mol. The fraction of sp³-hybridized carbons (Fsp3) is 0.500. The van der Waals surface area contributed by atoms with Crippen LogP contribution in [0.25, 0.3) is 0 Å². The van der Waals surface area contributed by atoms with E-state index in [9.17, 15) is 0 Å². The molecule has 1 N–H and O–H groups in total. The maximum Gasteiger partial charge on any atom is 0.0540 e. The van der Waals surface area contributed by atoms with Gasteiger partial charge < -0.3 is 5.32 Å². The van der Waals surface area contributed by atoms with Gasteiger partial charge in [0, 0.05) is 35.3 Å². The molecule has 0 bridgehead atoms. The van der Waals surface area contributed by atoms with E-state index >= 15 is 0 Å². The fourth-order valence-electron chi connectivity index (χ4n) is 2.15. The van der Waals surface area contributed by atoms with Crippen molar-refractivity contribution in [2.24, 2.45) is 0 Å². The lowest BCUT2D eigenvalue weighted by molar-refractivity contribution is 0.570. The third kappa shape index (κ3) is 2.65. The van der Waals surface area contributed by atoms with Crippen molar-refractivity contribution in [1.82, 2.24) is 15.1 Å². The second kappa shape index (κ2) is 5.67. The van der Waals surface area contributed by atoms with E-state index in [1.165, 1.54) is 21.7 Å². The van der Waals surface area contributed by atoms with E-state index in [2.05, 4.69) is 49.6 Å². The van der Waals surface area contributed by atoms with Crippen LogP contribution in [0.1, 0.15) is 41.6 Å². The van der Waals surface area contributed by atoms with Crippen molar-refractivity contribution >= 4 is 11.3 Å². The van der Waals surface area contributed by atoms with Gasteiger partial charge in [-0.3, -0.25) is 4.68 Å². The molecule has 3 nitrogen and oxygen atoms in total. The molecular weight excluding hydrogens is 242 g/mol. The molecule has 0 aliphatic heterocycles. The normalized spacial score (nSPS) is 12.9. The van der Waals surface area contributed by atoms with E-state index in [-0.39, 0.29) is 0 Å². The first-order valence-electron chi connectivity index (χ1n) is 6.42. The number of thiophene rings is 1. The van der Waals surface area contributed by atoms with Gasteiger partial charge in [0.05, 0.1) is 6.20 Å². The van der Waals surface area contributed by atoms with Crippen molar-refractivity contribution in [1.29, 1.82) is 0 Å². The Morgan fingerprint density at radius 2 is 2.22 bits per heavy atom. The molecule has 0 aromatic carbocycles. The first-order chi connectivity index (χ1) is 8.63. The summed E-state index contributed by atoms with van der Waals surface area (Å²) < 4.78 is 2.05. The van der Waals surface area contributed by atoms with Crippen LogP contribution < -0.4 is 5.32 Å². The molecular formula is C14H21N3S. The van der Waals surface area contributed by atoms with Gasteiger partial charge in [-0.05, 0) is 44.7 Å². The standard InChI is InChI=1S/C14H21N3S/c1-5-17-12(4)13(8-16-17)11(3)15-9-14-10(2)6-7-18-14/h6-8,11,15H,5,9H2,1-4H3. The highest BCUT2D eigenvalue weighted by molar-refractivity contribution is 7.10. The minimum absolute atomic E-state index is 0.340. The third-order valence-corrected chi connectivity index (χ3v) is 4.47. The van der Waals surface area contributed by atoms with E-state index < -0.39 is 0 Å². The van der Waals surface area contributed by atoms with E-state index in [1.54, 1.807) is 0 Å². The summed E-state index contributed by atoms with van der Waals surface area (Å²) in [5, 5.41) is 10.1. The van der Waals surface area contributed by atoms with Gasteiger partial charge in [0.25, 0.3) is 0 Å². The number of nitrogens with zero attached hydrogens (tertiary/aromatic N) is 2. The van der Waals surface area contributed by atoms with Crippen LogP contribution in [0.2, 0.25) is 0 Å². The van der Waals surface area contributed by atoms with Gasteiger partial charge >= 0.3 is 0 Å².